The number of piperidine rings is 1. The summed E-state index contributed by atoms with van der Waals surface area (Å²) in [5.41, 5.74) is 1.04. The number of aryl methyl sites for hydroxylation is 1. The van der Waals surface area contributed by atoms with Crippen molar-refractivity contribution in [2.75, 3.05) is 44.8 Å². The predicted octanol–water partition coefficient (Wildman–Crippen LogP) is 3.83. The van der Waals surface area contributed by atoms with Crippen molar-refractivity contribution in [3.8, 4) is 16.5 Å². The summed E-state index contributed by atoms with van der Waals surface area (Å²) in [6.45, 7) is 8.48. The summed E-state index contributed by atoms with van der Waals surface area (Å²) in [4.78, 5) is 49.4. The molecule has 0 atom stereocenters. The van der Waals surface area contributed by atoms with Crippen molar-refractivity contribution in [2.24, 2.45) is 5.92 Å². The number of nitrogens with zero attached hydrogens (tertiary/aromatic N) is 5. The number of fused-ring (bicyclic) bond motifs is 6. The first-order valence-electron chi connectivity index (χ1n) is 14.4. The summed E-state index contributed by atoms with van der Waals surface area (Å²) in [5, 5.41) is 12.5. The normalized spacial score (nSPS) is 17.1. The second kappa shape index (κ2) is 13.5. The van der Waals surface area contributed by atoms with Gasteiger partial charge in [0, 0.05) is 49.4 Å². The molecule has 2 aliphatic rings. The van der Waals surface area contributed by atoms with Crippen molar-refractivity contribution in [3.05, 3.63) is 41.3 Å². The molecule has 0 spiro atoms. The Bertz CT molecular complexity index is 1440. The molecule has 3 aromatic rings. The molecule has 14 heteroatoms. The van der Waals surface area contributed by atoms with Gasteiger partial charge in [0.25, 0.3) is 11.8 Å². The van der Waals surface area contributed by atoms with Crippen LogP contribution in [0.5, 0.6) is 5.88 Å². The van der Waals surface area contributed by atoms with Crippen molar-refractivity contribution >= 4 is 34.9 Å². The molecule has 0 radical (unpaired) electrons. The van der Waals surface area contributed by atoms with E-state index in [2.05, 4.69) is 25.7 Å². The third-order valence-electron chi connectivity index (χ3n) is 7.05. The van der Waals surface area contributed by atoms with E-state index in [4.69, 9.17) is 14.2 Å². The molecule has 2 aliphatic heterocycles. The van der Waals surface area contributed by atoms with E-state index in [-0.39, 0.29) is 36.5 Å². The Labute approximate surface area is 253 Å². The fraction of sp³-hybridized carbons (Fsp3) is 0.517. The molecule has 5 rings (SSSR count). The van der Waals surface area contributed by atoms with Crippen LogP contribution in [0.4, 0.5) is 10.5 Å². The first kappa shape index (κ1) is 30.4. The Kier molecular flexibility index (Phi) is 9.56. The van der Waals surface area contributed by atoms with E-state index < -0.39 is 11.5 Å². The molecule has 2 N–H and O–H groups in total. The molecule has 230 valence electrons. The van der Waals surface area contributed by atoms with Crippen LogP contribution in [0.2, 0.25) is 0 Å². The number of hydrogen-bond donors (Lipinski definition) is 2. The molecular weight excluding hydrogens is 574 g/mol. The Morgan fingerprint density at radius 2 is 1.98 bits per heavy atom. The highest BCUT2D eigenvalue weighted by atomic mass is 32.1. The number of amides is 3. The van der Waals surface area contributed by atoms with Crippen LogP contribution in [-0.2, 0) is 16.0 Å². The zero-order valence-corrected chi connectivity index (χ0v) is 25.4. The Balaban J connectivity index is 1.28. The summed E-state index contributed by atoms with van der Waals surface area (Å²) in [7, 11) is 0. The molecule has 5 heterocycles. The van der Waals surface area contributed by atoms with Crippen LogP contribution in [0.3, 0.4) is 0 Å². The van der Waals surface area contributed by atoms with Gasteiger partial charge in [-0.3, -0.25) is 14.3 Å². The number of thiazole rings is 1. The van der Waals surface area contributed by atoms with Crippen LogP contribution in [0.1, 0.15) is 61.0 Å². The fourth-order valence-corrected chi connectivity index (χ4v) is 5.66. The average molecular weight is 612 g/mol. The predicted molar refractivity (Wildman–Crippen MR) is 159 cm³/mol. The molecule has 0 aromatic carbocycles. The molecule has 1 saturated heterocycles. The number of likely N-dealkylation sites (tertiary alicyclic amines) is 1. The van der Waals surface area contributed by atoms with Crippen molar-refractivity contribution in [2.45, 2.75) is 52.2 Å². The number of ether oxygens (including phenoxy) is 3. The Hall–Kier alpha value is -4.04. The average Bonchev–Trinajstić information content (AvgIpc) is 3.62. The van der Waals surface area contributed by atoms with E-state index in [0.717, 1.165) is 24.8 Å². The minimum absolute atomic E-state index is 0.227. The van der Waals surface area contributed by atoms with Crippen LogP contribution in [0.25, 0.3) is 10.6 Å². The van der Waals surface area contributed by atoms with E-state index in [1.165, 1.54) is 17.5 Å². The number of rotatable bonds is 3. The highest BCUT2D eigenvalue weighted by Gasteiger charge is 2.28. The lowest BCUT2D eigenvalue weighted by Gasteiger charge is -2.33. The van der Waals surface area contributed by atoms with Gasteiger partial charge < -0.3 is 29.7 Å². The van der Waals surface area contributed by atoms with Gasteiger partial charge in [-0.05, 0) is 52.0 Å². The Morgan fingerprint density at radius 1 is 1.16 bits per heavy atom. The molecular formula is C29H37N7O6S. The van der Waals surface area contributed by atoms with E-state index in [9.17, 15) is 14.4 Å². The van der Waals surface area contributed by atoms with Crippen molar-refractivity contribution in [1.82, 2.24) is 30.0 Å². The maximum atomic E-state index is 13.3. The van der Waals surface area contributed by atoms with E-state index in [1.54, 1.807) is 33.3 Å². The van der Waals surface area contributed by atoms with Gasteiger partial charge in [-0.1, -0.05) is 0 Å². The highest BCUT2D eigenvalue weighted by Crippen LogP contribution is 2.27. The van der Waals surface area contributed by atoms with E-state index in [0.29, 0.717) is 55.3 Å². The topological polar surface area (TPSA) is 150 Å². The summed E-state index contributed by atoms with van der Waals surface area (Å²) in [6.07, 6.45) is 5.27. The second-order valence-corrected chi connectivity index (χ2v) is 12.3. The first-order chi connectivity index (χ1) is 20.7. The lowest BCUT2D eigenvalue weighted by atomic mass is 9.94. The van der Waals surface area contributed by atoms with Gasteiger partial charge in [0.15, 0.2) is 0 Å². The molecule has 13 nitrogen and oxygen atoms in total. The molecule has 0 unspecified atom stereocenters. The van der Waals surface area contributed by atoms with Crippen LogP contribution >= 0.6 is 11.3 Å². The number of anilines is 1. The molecule has 0 saturated carbocycles. The van der Waals surface area contributed by atoms with Gasteiger partial charge in [-0.25, -0.2) is 14.8 Å². The van der Waals surface area contributed by atoms with Crippen LogP contribution in [0.15, 0.2) is 29.9 Å². The monoisotopic (exact) mass is 611 g/mol. The van der Waals surface area contributed by atoms with Gasteiger partial charge >= 0.3 is 6.09 Å². The van der Waals surface area contributed by atoms with Gasteiger partial charge in [0.2, 0.25) is 5.88 Å². The number of aromatic nitrogens is 4. The molecule has 3 aromatic heterocycles. The summed E-state index contributed by atoms with van der Waals surface area (Å²) < 4.78 is 18.4. The maximum absolute atomic E-state index is 13.3. The number of nitrogens with one attached hydrogen (secondary N) is 2. The summed E-state index contributed by atoms with van der Waals surface area (Å²) in [6, 6.07) is 3.57. The Morgan fingerprint density at radius 3 is 2.77 bits per heavy atom. The zero-order valence-electron chi connectivity index (χ0n) is 24.6. The van der Waals surface area contributed by atoms with Gasteiger partial charge in [-0.2, -0.15) is 5.10 Å². The van der Waals surface area contributed by atoms with E-state index in [1.807, 2.05) is 20.8 Å². The molecule has 0 aliphatic carbocycles. The van der Waals surface area contributed by atoms with Crippen LogP contribution in [0, 0.1) is 5.92 Å². The van der Waals surface area contributed by atoms with Gasteiger partial charge in [0.05, 0.1) is 25.1 Å². The van der Waals surface area contributed by atoms with Gasteiger partial charge in [-0.15, -0.1) is 11.3 Å². The van der Waals surface area contributed by atoms with Crippen molar-refractivity contribution < 1.29 is 28.6 Å². The van der Waals surface area contributed by atoms with Crippen LogP contribution in [-0.4, -0.2) is 87.6 Å². The lowest BCUT2D eigenvalue weighted by Crippen LogP contribution is -2.41. The number of carbonyl (C=O) groups is 3. The van der Waals surface area contributed by atoms with Crippen LogP contribution < -0.4 is 15.4 Å². The smallest absolute Gasteiger partial charge is 0.410 e. The molecule has 3 amide bonds. The second-order valence-electron chi connectivity index (χ2n) is 11.4. The SMILES string of the molecule is CC(C)(C)OC(=O)N1CCC(CCn2ncc3c2C(=O)NCCOCCOc2cc(ccn2)-c2nc(cs2)C(=O)N3)CC1. The number of pyridine rings is 1. The largest absolute Gasteiger partial charge is 0.475 e. The zero-order chi connectivity index (χ0) is 30.4. The van der Waals surface area contributed by atoms with Gasteiger partial charge in [0.1, 0.15) is 28.6 Å². The summed E-state index contributed by atoms with van der Waals surface area (Å²) >= 11 is 1.32. The number of hydrogen-bond acceptors (Lipinski definition) is 10. The van der Waals surface area contributed by atoms with Crippen molar-refractivity contribution in [1.29, 1.82) is 0 Å². The van der Waals surface area contributed by atoms with E-state index >= 15 is 0 Å². The highest BCUT2D eigenvalue weighted by molar-refractivity contribution is 7.13. The molecule has 1 fully saturated rings. The third-order valence-corrected chi connectivity index (χ3v) is 7.94. The quantitative estimate of drug-likeness (QED) is 0.451. The lowest BCUT2D eigenvalue weighted by molar-refractivity contribution is 0.0179. The maximum Gasteiger partial charge on any atom is 0.410 e. The van der Waals surface area contributed by atoms with Crippen molar-refractivity contribution in [3.63, 3.8) is 0 Å². The number of carbonyl (C=O) groups excluding carboxylic acids is 3. The third kappa shape index (κ3) is 8.08. The minimum atomic E-state index is -0.529. The fourth-order valence-electron chi connectivity index (χ4n) is 4.87. The standard InChI is InChI=1S/C29H37N7O6S/c1-29(2,3)42-28(39)35-10-5-19(6-11-35)7-12-36-24-21(17-32-36)33-25(37)22-18-43-27(34-22)20-4-8-30-23(16-20)41-15-14-40-13-9-31-26(24)38/h4,8,16-19H,5-7,9-15H2,1-3H3,(H,31,38)(H,33,37). The molecule has 43 heavy (non-hydrogen) atoms. The molecule has 4 bridgehead atoms. The summed E-state index contributed by atoms with van der Waals surface area (Å²) in [5.74, 6) is -0.0252. The first-order valence-corrected chi connectivity index (χ1v) is 15.3. The minimum Gasteiger partial charge on any atom is -0.475 e.